The van der Waals surface area contributed by atoms with Crippen LogP contribution in [0.1, 0.15) is 36.9 Å². The minimum atomic E-state index is -4.40. The van der Waals surface area contributed by atoms with Gasteiger partial charge < -0.3 is 10.6 Å². The number of carbonyl (C=O) groups excluding carboxylic acids is 1. The van der Waals surface area contributed by atoms with Crippen molar-refractivity contribution < 1.29 is 18.0 Å². The molecule has 0 radical (unpaired) electrons. The Kier molecular flexibility index (Phi) is 8.45. The summed E-state index contributed by atoms with van der Waals surface area (Å²) in [5.74, 6) is 0.776. The first-order valence-corrected chi connectivity index (χ1v) is 8.73. The van der Waals surface area contributed by atoms with Crippen molar-refractivity contribution in [3.63, 3.8) is 0 Å². The largest absolute Gasteiger partial charge is 0.434 e. The maximum absolute atomic E-state index is 12.4. The molecular weight excluding hydrogens is 363 g/mol. The van der Waals surface area contributed by atoms with Crippen LogP contribution in [-0.4, -0.2) is 30.5 Å². The summed E-state index contributed by atoms with van der Waals surface area (Å²) in [6.07, 6.45) is -1.34. The van der Waals surface area contributed by atoms with E-state index in [2.05, 4.69) is 22.5 Å². The summed E-state index contributed by atoms with van der Waals surface area (Å²) in [5.41, 5.74) is -0.859. The molecule has 24 heavy (non-hydrogen) atoms. The van der Waals surface area contributed by atoms with E-state index in [9.17, 15) is 18.0 Å². The zero-order chi connectivity index (χ0) is 16.9. The van der Waals surface area contributed by atoms with Gasteiger partial charge in [0.15, 0.2) is 5.69 Å². The lowest BCUT2D eigenvalue weighted by molar-refractivity contribution is -0.140. The highest BCUT2D eigenvalue weighted by molar-refractivity contribution is 7.09. The lowest BCUT2D eigenvalue weighted by Crippen LogP contribution is -2.36. The normalized spacial score (nSPS) is 19.4. The highest BCUT2D eigenvalue weighted by Gasteiger charge is 2.33. The molecule has 2 N–H and O–H groups in total. The van der Waals surface area contributed by atoms with Crippen LogP contribution in [0.3, 0.4) is 0 Å². The fourth-order valence-electron chi connectivity index (χ4n) is 2.76. The molecular formula is C15H23ClF3N3OS. The van der Waals surface area contributed by atoms with Gasteiger partial charge in [0.25, 0.3) is 0 Å². The summed E-state index contributed by atoms with van der Waals surface area (Å²) in [5, 5.41) is 7.51. The maximum atomic E-state index is 12.4. The molecule has 0 saturated carbocycles. The third-order valence-electron chi connectivity index (χ3n) is 4.15. The monoisotopic (exact) mass is 385 g/mol. The third-order valence-corrected chi connectivity index (χ3v) is 5.06. The number of carbonyl (C=O) groups is 1. The first kappa shape index (κ1) is 21.2. The molecule has 1 saturated heterocycles. The Labute approximate surface area is 150 Å². The molecule has 138 valence electrons. The van der Waals surface area contributed by atoms with Crippen LogP contribution in [0, 0.1) is 11.8 Å². The quantitative estimate of drug-likeness (QED) is 0.790. The molecule has 9 heteroatoms. The molecule has 2 unspecified atom stereocenters. The van der Waals surface area contributed by atoms with Gasteiger partial charge in [0, 0.05) is 24.8 Å². The van der Waals surface area contributed by atoms with Gasteiger partial charge in [-0.15, -0.1) is 23.7 Å². The predicted octanol–water partition coefficient (Wildman–Crippen LogP) is 3.27. The Bertz CT molecular complexity index is 518. The van der Waals surface area contributed by atoms with E-state index in [1.165, 1.54) is 0 Å². The van der Waals surface area contributed by atoms with Crippen molar-refractivity contribution in [2.75, 3.05) is 19.6 Å². The Hall–Kier alpha value is -0.860. The van der Waals surface area contributed by atoms with Crippen molar-refractivity contribution in [3.05, 3.63) is 16.1 Å². The van der Waals surface area contributed by atoms with Crippen molar-refractivity contribution in [1.82, 2.24) is 15.6 Å². The Morgan fingerprint density at radius 3 is 2.88 bits per heavy atom. The minimum absolute atomic E-state index is 0. The number of alkyl halides is 3. The first-order chi connectivity index (χ1) is 10.9. The molecule has 0 aliphatic carbocycles. The molecule has 1 aromatic rings. The van der Waals surface area contributed by atoms with Crippen LogP contribution in [0.4, 0.5) is 13.2 Å². The molecule has 1 aliphatic heterocycles. The van der Waals surface area contributed by atoms with Gasteiger partial charge in [0.05, 0.1) is 5.01 Å². The topological polar surface area (TPSA) is 54.0 Å². The van der Waals surface area contributed by atoms with Gasteiger partial charge >= 0.3 is 6.18 Å². The van der Waals surface area contributed by atoms with Gasteiger partial charge in [0.2, 0.25) is 5.91 Å². The zero-order valence-corrected chi connectivity index (χ0v) is 15.1. The van der Waals surface area contributed by atoms with Gasteiger partial charge in [-0.1, -0.05) is 6.92 Å². The molecule has 1 aliphatic rings. The third kappa shape index (κ3) is 6.57. The summed E-state index contributed by atoms with van der Waals surface area (Å²) in [7, 11) is 0. The number of amides is 1. The number of halogens is 4. The fourth-order valence-corrected chi connectivity index (χ4v) is 3.57. The average molecular weight is 386 g/mol. The van der Waals surface area contributed by atoms with E-state index in [4.69, 9.17) is 0 Å². The van der Waals surface area contributed by atoms with E-state index in [1.54, 1.807) is 0 Å². The second-order valence-corrected chi connectivity index (χ2v) is 6.95. The molecule has 1 amide bonds. The van der Waals surface area contributed by atoms with Crippen molar-refractivity contribution in [2.45, 2.75) is 38.8 Å². The maximum Gasteiger partial charge on any atom is 0.434 e. The van der Waals surface area contributed by atoms with Crippen LogP contribution < -0.4 is 10.6 Å². The van der Waals surface area contributed by atoms with Gasteiger partial charge in [-0.2, -0.15) is 13.2 Å². The van der Waals surface area contributed by atoms with E-state index >= 15 is 0 Å². The van der Waals surface area contributed by atoms with Gasteiger partial charge in [-0.25, -0.2) is 4.98 Å². The minimum Gasteiger partial charge on any atom is -0.356 e. The zero-order valence-electron chi connectivity index (χ0n) is 13.5. The molecule has 0 spiro atoms. The lowest BCUT2D eigenvalue weighted by Gasteiger charge is -2.28. The van der Waals surface area contributed by atoms with Crippen molar-refractivity contribution in [2.24, 2.45) is 11.8 Å². The van der Waals surface area contributed by atoms with E-state index in [0.29, 0.717) is 36.2 Å². The standard InChI is InChI=1S/C15H22F3N3OS.ClH/c1-10(11-3-2-5-19-8-11)7-13(22)20-6-4-14-21-12(9-23-14)15(16,17)18;/h9-11,19H,2-8H2,1H3,(H,20,22);1H. The van der Waals surface area contributed by atoms with Crippen molar-refractivity contribution in [1.29, 1.82) is 0 Å². The summed E-state index contributed by atoms with van der Waals surface area (Å²) in [6.45, 7) is 4.39. The number of hydrogen-bond donors (Lipinski definition) is 2. The summed E-state index contributed by atoms with van der Waals surface area (Å²) >= 11 is 0.974. The molecule has 1 fully saturated rings. The number of nitrogens with one attached hydrogen (secondary N) is 2. The highest BCUT2D eigenvalue weighted by Crippen LogP contribution is 2.30. The van der Waals surface area contributed by atoms with Crippen LogP contribution in [0.25, 0.3) is 0 Å². The first-order valence-electron chi connectivity index (χ1n) is 7.85. The van der Waals surface area contributed by atoms with Crippen LogP contribution in [0.5, 0.6) is 0 Å². The number of nitrogens with zero attached hydrogens (tertiary/aromatic N) is 1. The summed E-state index contributed by atoms with van der Waals surface area (Å²) in [6, 6.07) is 0. The molecule has 1 aromatic heterocycles. The Balaban J connectivity index is 0.00000288. The number of hydrogen-bond acceptors (Lipinski definition) is 4. The number of aromatic nitrogens is 1. The second kappa shape index (κ2) is 9.58. The van der Waals surface area contributed by atoms with E-state index in [1.807, 2.05) is 0 Å². The highest BCUT2D eigenvalue weighted by atomic mass is 35.5. The van der Waals surface area contributed by atoms with E-state index in [0.717, 1.165) is 42.6 Å². The number of thiazole rings is 1. The molecule has 0 aromatic carbocycles. The van der Waals surface area contributed by atoms with Gasteiger partial charge in [0.1, 0.15) is 0 Å². The van der Waals surface area contributed by atoms with Gasteiger partial charge in [-0.3, -0.25) is 4.79 Å². The summed E-state index contributed by atoms with van der Waals surface area (Å²) < 4.78 is 37.3. The number of piperidine rings is 1. The van der Waals surface area contributed by atoms with Crippen molar-refractivity contribution >= 4 is 29.7 Å². The van der Waals surface area contributed by atoms with Crippen molar-refractivity contribution in [3.8, 4) is 0 Å². The number of rotatable bonds is 6. The fraction of sp³-hybridized carbons (Fsp3) is 0.733. The average Bonchev–Trinajstić information content (AvgIpc) is 2.97. The lowest BCUT2D eigenvalue weighted by atomic mass is 9.85. The van der Waals surface area contributed by atoms with Crippen LogP contribution in [0.2, 0.25) is 0 Å². The predicted molar refractivity (Wildman–Crippen MR) is 90.5 cm³/mol. The second-order valence-electron chi connectivity index (χ2n) is 6.01. The molecule has 2 heterocycles. The molecule has 4 nitrogen and oxygen atoms in total. The van der Waals surface area contributed by atoms with Crippen LogP contribution >= 0.6 is 23.7 Å². The van der Waals surface area contributed by atoms with E-state index in [-0.39, 0.29) is 18.3 Å². The Morgan fingerprint density at radius 1 is 1.54 bits per heavy atom. The SMILES string of the molecule is CC(CC(=O)NCCc1nc(C(F)(F)F)cs1)C1CCCNC1.Cl. The Morgan fingerprint density at radius 2 is 2.29 bits per heavy atom. The van der Waals surface area contributed by atoms with Gasteiger partial charge in [-0.05, 0) is 37.8 Å². The van der Waals surface area contributed by atoms with Crippen LogP contribution in [-0.2, 0) is 17.4 Å². The van der Waals surface area contributed by atoms with E-state index < -0.39 is 11.9 Å². The van der Waals surface area contributed by atoms with Crippen LogP contribution in [0.15, 0.2) is 5.38 Å². The molecule has 0 bridgehead atoms. The summed E-state index contributed by atoms with van der Waals surface area (Å²) in [4.78, 5) is 15.5. The smallest absolute Gasteiger partial charge is 0.356 e. The molecule has 2 rings (SSSR count). The molecule has 2 atom stereocenters.